The van der Waals surface area contributed by atoms with Gasteiger partial charge in [0, 0.05) is 19.6 Å². The van der Waals surface area contributed by atoms with E-state index in [9.17, 15) is 9.59 Å². The number of fused-ring (bicyclic) bond motifs is 1. The molecule has 2 N–H and O–H groups in total. The van der Waals surface area contributed by atoms with E-state index in [2.05, 4.69) is 11.4 Å². The fourth-order valence-corrected chi connectivity index (χ4v) is 2.31. The number of carbonyl (C=O) groups is 2. The Morgan fingerprint density at radius 3 is 2.95 bits per heavy atom. The number of nitrogens with zero attached hydrogens (tertiary/aromatic N) is 1. The number of nitrogens with one attached hydrogen (secondary N) is 1. The van der Waals surface area contributed by atoms with Crippen LogP contribution in [0.25, 0.3) is 0 Å². The van der Waals surface area contributed by atoms with Crippen LogP contribution in [0.1, 0.15) is 23.1 Å². The SMILES string of the molecule is Cc1cccc2c1CN(C(=O)NCCC(=O)O)CC2. The van der Waals surface area contributed by atoms with Crippen LogP contribution in [-0.2, 0) is 17.8 Å². The highest BCUT2D eigenvalue weighted by Crippen LogP contribution is 2.21. The lowest BCUT2D eigenvalue weighted by Crippen LogP contribution is -2.43. The Morgan fingerprint density at radius 1 is 1.42 bits per heavy atom. The number of rotatable bonds is 3. The van der Waals surface area contributed by atoms with Crippen LogP contribution in [0.3, 0.4) is 0 Å². The summed E-state index contributed by atoms with van der Waals surface area (Å²) >= 11 is 0. The summed E-state index contributed by atoms with van der Waals surface area (Å²) < 4.78 is 0. The van der Waals surface area contributed by atoms with E-state index in [0.717, 1.165) is 6.42 Å². The maximum atomic E-state index is 11.9. The summed E-state index contributed by atoms with van der Waals surface area (Å²) in [5.74, 6) is -0.903. The predicted octanol–water partition coefficient (Wildman–Crippen LogP) is 1.54. The Kier molecular flexibility index (Phi) is 4.04. The smallest absolute Gasteiger partial charge is 0.317 e. The molecule has 0 spiro atoms. The van der Waals surface area contributed by atoms with Crippen LogP contribution in [0.5, 0.6) is 0 Å². The molecule has 0 saturated heterocycles. The van der Waals surface area contributed by atoms with Gasteiger partial charge >= 0.3 is 12.0 Å². The van der Waals surface area contributed by atoms with Crippen molar-refractivity contribution in [2.24, 2.45) is 0 Å². The lowest BCUT2D eigenvalue weighted by molar-refractivity contribution is -0.136. The topological polar surface area (TPSA) is 69.6 Å². The molecule has 1 aromatic carbocycles. The minimum atomic E-state index is -0.903. The summed E-state index contributed by atoms with van der Waals surface area (Å²) in [5.41, 5.74) is 3.71. The number of carboxylic acid groups (broad SMARTS) is 1. The van der Waals surface area contributed by atoms with E-state index < -0.39 is 5.97 Å². The lowest BCUT2D eigenvalue weighted by atomic mass is 9.96. The van der Waals surface area contributed by atoms with Crippen molar-refractivity contribution < 1.29 is 14.7 Å². The maximum Gasteiger partial charge on any atom is 0.317 e. The van der Waals surface area contributed by atoms with E-state index in [1.807, 2.05) is 19.1 Å². The van der Waals surface area contributed by atoms with Crippen molar-refractivity contribution in [1.82, 2.24) is 10.2 Å². The molecule has 1 heterocycles. The highest BCUT2D eigenvalue weighted by molar-refractivity contribution is 5.75. The predicted molar refractivity (Wildman–Crippen MR) is 70.9 cm³/mol. The molecule has 0 aromatic heterocycles. The number of aliphatic carboxylic acids is 1. The third kappa shape index (κ3) is 3.24. The van der Waals surface area contributed by atoms with Crippen LogP contribution in [0.2, 0.25) is 0 Å². The number of hydrogen-bond acceptors (Lipinski definition) is 2. The summed E-state index contributed by atoms with van der Waals surface area (Å²) in [5, 5.41) is 11.2. The Balaban J connectivity index is 1.95. The molecule has 0 fully saturated rings. The first kappa shape index (κ1) is 13.4. The van der Waals surface area contributed by atoms with Gasteiger partial charge in [0.1, 0.15) is 0 Å². The summed E-state index contributed by atoms with van der Waals surface area (Å²) in [6, 6.07) is 6.00. The highest BCUT2D eigenvalue weighted by atomic mass is 16.4. The quantitative estimate of drug-likeness (QED) is 0.868. The van der Waals surface area contributed by atoms with Crippen molar-refractivity contribution in [1.29, 1.82) is 0 Å². The summed E-state index contributed by atoms with van der Waals surface area (Å²) in [6.07, 6.45) is 0.804. The lowest BCUT2D eigenvalue weighted by Gasteiger charge is -2.30. The molecule has 0 unspecified atom stereocenters. The van der Waals surface area contributed by atoms with Crippen LogP contribution in [0, 0.1) is 6.92 Å². The monoisotopic (exact) mass is 262 g/mol. The molecule has 5 nitrogen and oxygen atoms in total. The number of hydrogen-bond donors (Lipinski definition) is 2. The van der Waals surface area contributed by atoms with Gasteiger partial charge in [0.2, 0.25) is 0 Å². The van der Waals surface area contributed by atoms with E-state index in [4.69, 9.17) is 5.11 Å². The fraction of sp³-hybridized carbons (Fsp3) is 0.429. The Hall–Kier alpha value is -2.04. The normalized spacial score (nSPS) is 13.8. The summed E-state index contributed by atoms with van der Waals surface area (Å²) in [7, 11) is 0. The number of carboxylic acids is 1. The first-order chi connectivity index (χ1) is 9.08. The number of urea groups is 1. The van der Waals surface area contributed by atoms with Crippen LogP contribution < -0.4 is 5.32 Å². The van der Waals surface area contributed by atoms with Gasteiger partial charge in [-0.25, -0.2) is 4.79 Å². The van der Waals surface area contributed by atoms with Gasteiger partial charge in [0.15, 0.2) is 0 Å². The van der Waals surface area contributed by atoms with Gasteiger partial charge in [0.05, 0.1) is 6.42 Å². The van der Waals surface area contributed by atoms with Gasteiger partial charge in [-0.2, -0.15) is 0 Å². The first-order valence-electron chi connectivity index (χ1n) is 6.40. The van der Waals surface area contributed by atoms with Crippen molar-refractivity contribution >= 4 is 12.0 Å². The van der Waals surface area contributed by atoms with E-state index >= 15 is 0 Å². The van der Waals surface area contributed by atoms with Crippen LogP contribution in [0.4, 0.5) is 4.79 Å². The summed E-state index contributed by atoms with van der Waals surface area (Å²) in [4.78, 5) is 24.1. The van der Waals surface area contributed by atoms with Crippen LogP contribution in [-0.4, -0.2) is 35.1 Å². The highest BCUT2D eigenvalue weighted by Gasteiger charge is 2.21. The number of benzene rings is 1. The second-order valence-corrected chi connectivity index (χ2v) is 4.76. The van der Waals surface area contributed by atoms with Crippen molar-refractivity contribution in [2.75, 3.05) is 13.1 Å². The number of aryl methyl sites for hydroxylation is 1. The average Bonchev–Trinajstić information content (AvgIpc) is 2.38. The maximum absolute atomic E-state index is 11.9. The van der Waals surface area contributed by atoms with E-state index in [-0.39, 0.29) is 19.0 Å². The zero-order valence-corrected chi connectivity index (χ0v) is 11.0. The Labute approximate surface area is 112 Å². The molecule has 0 atom stereocenters. The van der Waals surface area contributed by atoms with Crippen molar-refractivity contribution in [3.05, 3.63) is 34.9 Å². The molecule has 2 amide bonds. The van der Waals surface area contributed by atoms with E-state index in [0.29, 0.717) is 13.1 Å². The Morgan fingerprint density at radius 2 is 2.21 bits per heavy atom. The van der Waals surface area contributed by atoms with Crippen molar-refractivity contribution in [3.63, 3.8) is 0 Å². The third-order valence-electron chi connectivity index (χ3n) is 3.41. The van der Waals surface area contributed by atoms with E-state index in [1.165, 1.54) is 16.7 Å². The molecule has 1 aliphatic rings. The van der Waals surface area contributed by atoms with Gasteiger partial charge in [-0.15, -0.1) is 0 Å². The average molecular weight is 262 g/mol. The molecular weight excluding hydrogens is 244 g/mol. The van der Waals surface area contributed by atoms with Gasteiger partial charge in [0.25, 0.3) is 0 Å². The van der Waals surface area contributed by atoms with Crippen LogP contribution in [0.15, 0.2) is 18.2 Å². The zero-order valence-electron chi connectivity index (χ0n) is 11.0. The number of amides is 2. The molecule has 1 aromatic rings. The fourth-order valence-electron chi connectivity index (χ4n) is 2.31. The molecule has 0 aliphatic carbocycles. The molecule has 0 bridgehead atoms. The minimum absolute atomic E-state index is 0.0464. The largest absolute Gasteiger partial charge is 0.481 e. The third-order valence-corrected chi connectivity index (χ3v) is 3.41. The van der Waals surface area contributed by atoms with E-state index in [1.54, 1.807) is 4.90 Å². The standard InChI is InChI=1S/C14H18N2O3/c1-10-3-2-4-11-6-8-16(9-12(10)11)14(19)15-7-5-13(17)18/h2-4H,5-9H2,1H3,(H,15,19)(H,17,18). The second kappa shape index (κ2) is 5.73. The van der Waals surface area contributed by atoms with Gasteiger partial charge in [-0.05, 0) is 30.0 Å². The van der Waals surface area contributed by atoms with Gasteiger partial charge in [-0.3, -0.25) is 4.79 Å². The van der Waals surface area contributed by atoms with Crippen molar-refractivity contribution in [2.45, 2.75) is 26.3 Å². The molecule has 102 valence electrons. The minimum Gasteiger partial charge on any atom is -0.481 e. The molecule has 1 aliphatic heterocycles. The molecule has 0 saturated carbocycles. The van der Waals surface area contributed by atoms with Crippen LogP contribution >= 0.6 is 0 Å². The molecule has 0 radical (unpaired) electrons. The van der Waals surface area contributed by atoms with Crippen molar-refractivity contribution in [3.8, 4) is 0 Å². The summed E-state index contributed by atoms with van der Waals surface area (Å²) in [6.45, 7) is 3.49. The first-order valence-corrected chi connectivity index (χ1v) is 6.40. The molecular formula is C14H18N2O3. The Bertz CT molecular complexity index is 499. The molecule has 5 heteroatoms. The van der Waals surface area contributed by atoms with Gasteiger partial charge in [-0.1, -0.05) is 18.2 Å². The second-order valence-electron chi connectivity index (χ2n) is 4.76. The zero-order chi connectivity index (χ0) is 13.8. The number of carbonyl (C=O) groups excluding carboxylic acids is 1. The molecule has 2 rings (SSSR count). The van der Waals surface area contributed by atoms with Gasteiger partial charge < -0.3 is 15.3 Å². The molecule has 19 heavy (non-hydrogen) atoms.